The summed E-state index contributed by atoms with van der Waals surface area (Å²) in [6.45, 7) is 6.04. The molecular formula is C17H18N4OS. The highest BCUT2D eigenvalue weighted by Gasteiger charge is 2.14. The first-order valence-electron chi connectivity index (χ1n) is 7.29. The maximum atomic E-state index is 12.2. The van der Waals surface area contributed by atoms with Gasteiger partial charge in [0.05, 0.1) is 5.69 Å². The summed E-state index contributed by atoms with van der Waals surface area (Å²) < 4.78 is 1.68. The minimum Gasteiger partial charge on any atom is -0.296 e. The van der Waals surface area contributed by atoms with E-state index >= 15 is 0 Å². The number of rotatable bonds is 3. The van der Waals surface area contributed by atoms with Gasteiger partial charge in [-0.05, 0) is 32.4 Å². The van der Waals surface area contributed by atoms with E-state index in [9.17, 15) is 4.79 Å². The van der Waals surface area contributed by atoms with E-state index in [1.54, 1.807) is 10.7 Å². The molecular weight excluding hydrogens is 308 g/mol. The third-order valence-electron chi connectivity index (χ3n) is 3.73. The van der Waals surface area contributed by atoms with Gasteiger partial charge in [-0.2, -0.15) is 5.10 Å². The predicted octanol–water partition coefficient (Wildman–Crippen LogP) is 3.72. The molecule has 1 N–H and O–H groups in total. The van der Waals surface area contributed by atoms with Crippen LogP contribution in [0.15, 0.2) is 29.6 Å². The molecule has 5 nitrogen and oxygen atoms in total. The van der Waals surface area contributed by atoms with Crippen LogP contribution in [0.2, 0.25) is 0 Å². The smallest absolute Gasteiger partial charge is 0.277 e. The van der Waals surface area contributed by atoms with Crippen molar-refractivity contribution < 1.29 is 4.79 Å². The second-order valence-corrected chi connectivity index (χ2v) is 6.46. The van der Waals surface area contributed by atoms with Gasteiger partial charge in [0.2, 0.25) is 0 Å². The Morgan fingerprint density at radius 2 is 2.00 bits per heavy atom. The maximum absolute atomic E-state index is 12.2. The summed E-state index contributed by atoms with van der Waals surface area (Å²) in [6.07, 6.45) is 0. The SMILES string of the molecule is Cc1ccc(-c2csc(NC(=O)c3cc(C)n(C)n3)n2)c(C)c1. The molecule has 0 saturated heterocycles. The standard InChI is InChI=1S/C17H18N4OS/c1-10-5-6-13(11(2)7-10)15-9-23-17(18-15)19-16(22)14-8-12(3)21(4)20-14/h5-9H,1-4H3,(H,18,19,22). The van der Waals surface area contributed by atoms with E-state index in [2.05, 4.69) is 47.4 Å². The summed E-state index contributed by atoms with van der Waals surface area (Å²) in [6, 6.07) is 8.02. The fourth-order valence-corrected chi connectivity index (χ4v) is 3.09. The van der Waals surface area contributed by atoms with Gasteiger partial charge in [0.25, 0.3) is 5.91 Å². The van der Waals surface area contributed by atoms with Gasteiger partial charge in [-0.15, -0.1) is 11.3 Å². The monoisotopic (exact) mass is 326 g/mol. The zero-order valence-electron chi connectivity index (χ0n) is 13.5. The Balaban J connectivity index is 1.80. The number of thiazole rings is 1. The number of aryl methyl sites for hydroxylation is 4. The van der Waals surface area contributed by atoms with E-state index in [1.807, 2.05) is 19.4 Å². The van der Waals surface area contributed by atoms with E-state index in [4.69, 9.17) is 0 Å². The molecule has 2 aromatic heterocycles. The number of nitrogens with zero attached hydrogens (tertiary/aromatic N) is 3. The molecule has 0 aliphatic heterocycles. The fraction of sp³-hybridized carbons (Fsp3) is 0.235. The van der Waals surface area contributed by atoms with Crippen LogP contribution in [0.1, 0.15) is 27.3 Å². The normalized spacial score (nSPS) is 10.8. The van der Waals surface area contributed by atoms with Gasteiger partial charge in [0.1, 0.15) is 0 Å². The minimum absolute atomic E-state index is 0.241. The fourth-order valence-electron chi connectivity index (χ4n) is 2.39. The Kier molecular flexibility index (Phi) is 4.00. The molecule has 1 aromatic carbocycles. The average molecular weight is 326 g/mol. The zero-order valence-corrected chi connectivity index (χ0v) is 14.4. The molecule has 0 atom stereocenters. The summed E-state index contributed by atoms with van der Waals surface area (Å²) in [4.78, 5) is 16.7. The molecule has 6 heteroatoms. The van der Waals surface area contributed by atoms with Crippen LogP contribution >= 0.6 is 11.3 Å². The number of benzene rings is 1. The number of anilines is 1. The molecule has 0 fully saturated rings. The van der Waals surface area contributed by atoms with Crippen molar-refractivity contribution in [3.63, 3.8) is 0 Å². The topological polar surface area (TPSA) is 59.8 Å². The summed E-state index contributed by atoms with van der Waals surface area (Å²) in [5, 5.41) is 9.52. The van der Waals surface area contributed by atoms with Crippen molar-refractivity contribution >= 4 is 22.4 Å². The highest BCUT2D eigenvalue weighted by Crippen LogP contribution is 2.28. The van der Waals surface area contributed by atoms with Crippen LogP contribution in [0.4, 0.5) is 5.13 Å². The van der Waals surface area contributed by atoms with E-state index in [1.165, 1.54) is 22.5 Å². The summed E-state index contributed by atoms with van der Waals surface area (Å²) in [5.41, 5.74) is 5.69. The van der Waals surface area contributed by atoms with Crippen molar-refractivity contribution in [2.75, 3.05) is 5.32 Å². The summed E-state index contributed by atoms with van der Waals surface area (Å²) >= 11 is 1.41. The molecule has 1 amide bonds. The van der Waals surface area contributed by atoms with Crippen LogP contribution in [0.5, 0.6) is 0 Å². The Labute approximate surface area is 139 Å². The number of amides is 1. The Morgan fingerprint density at radius 1 is 1.22 bits per heavy atom. The van der Waals surface area contributed by atoms with Gasteiger partial charge < -0.3 is 0 Å². The molecule has 2 heterocycles. The van der Waals surface area contributed by atoms with Gasteiger partial charge in [-0.25, -0.2) is 4.98 Å². The maximum Gasteiger partial charge on any atom is 0.277 e. The molecule has 23 heavy (non-hydrogen) atoms. The van der Waals surface area contributed by atoms with Crippen molar-refractivity contribution in [2.24, 2.45) is 7.05 Å². The average Bonchev–Trinajstić information content (AvgIpc) is 3.07. The molecule has 0 saturated carbocycles. The van der Waals surface area contributed by atoms with Crippen molar-refractivity contribution in [2.45, 2.75) is 20.8 Å². The highest BCUT2D eigenvalue weighted by molar-refractivity contribution is 7.14. The lowest BCUT2D eigenvalue weighted by molar-refractivity contribution is 0.102. The lowest BCUT2D eigenvalue weighted by atomic mass is 10.0. The summed E-state index contributed by atoms with van der Waals surface area (Å²) in [7, 11) is 1.81. The zero-order chi connectivity index (χ0) is 16.6. The molecule has 3 rings (SSSR count). The van der Waals surface area contributed by atoms with E-state index in [0.717, 1.165) is 17.0 Å². The number of aromatic nitrogens is 3. The number of carbonyl (C=O) groups is 1. The largest absolute Gasteiger partial charge is 0.296 e. The molecule has 118 valence electrons. The van der Waals surface area contributed by atoms with Gasteiger partial charge >= 0.3 is 0 Å². The first-order chi connectivity index (χ1) is 10.9. The second-order valence-electron chi connectivity index (χ2n) is 5.60. The Hall–Kier alpha value is -2.47. The van der Waals surface area contributed by atoms with E-state index < -0.39 is 0 Å². The van der Waals surface area contributed by atoms with Gasteiger partial charge in [0.15, 0.2) is 10.8 Å². The highest BCUT2D eigenvalue weighted by atomic mass is 32.1. The lowest BCUT2D eigenvalue weighted by Gasteiger charge is -2.03. The van der Waals surface area contributed by atoms with Crippen LogP contribution in [0.25, 0.3) is 11.3 Å². The Morgan fingerprint density at radius 3 is 2.65 bits per heavy atom. The van der Waals surface area contributed by atoms with E-state index in [-0.39, 0.29) is 5.91 Å². The van der Waals surface area contributed by atoms with Crippen molar-refractivity contribution in [3.05, 3.63) is 52.2 Å². The second kappa shape index (κ2) is 5.96. The first kappa shape index (κ1) is 15.4. The van der Waals surface area contributed by atoms with Crippen LogP contribution in [-0.2, 0) is 7.05 Å². The van der Waals surface area contributed by atoms with Crippen LogP contribution in [0.3, 0.4) is 0 Å². The van der Waals surface area contributed by atoms with Crippen molar-refractivity contribution in [3.8, 4) is 11.3 Å². The van der Waals surface area contributed by atoms with Crippen molar-refractivity contribution in [1.82, 2.24) is 14.8 Å². The third-order valence-corrected chi connectivity index (χ3v) is 4.49. The molecule has 0 aliphatic carbocycles. The van der Waals surface area contributed by atoms with Gasteiger partial charge in [0, 0.05) is 23.7 Å². The molecule has 0 aliphatic rings. The van der Waals surface area contributed by atoms with Crippen LogP contribution in [0, 0.1) is 20.8 Å². The molecule has 0 unspecified atom stereocenters. The molecule has 0 bridgehead atoms. The number of carbonyl (C=O) groups excluding carboxylic acids is 1. The molecule has 3 aromatic rings. The van der Waals surface area contributed by atoms with E-state index in [0.29, 0.717) is 10.8 Å². The summed E-state index contributed by atoms with van der Waals surface area (Å²) in [5.74, 6) is -0.241. The van der Waals surface area contributed by atoms with Gasteiger partial charge in [-0.3, -0.25) is 14.8 Å². The third kappa shape index (κ3) is 3.17. The Bertz CT molecular complexity index is 859. The molecule has 0 radical (unpaired) electrons. The van der Waals surface area contributed by atoms with Crippen LogP contribution in [-0.4, -0.2) is 20.7 Å². The number of hydrogen-bond donors (Lipinski definition) is 1. The first-order valence-corrected chi connectivity index (χ1v) is 8.17. The van der Waals surface area contributed by atoms with Gasteiger partial charge in [-0.1, -0.05) is 23.8 Å². The lowest BCUT2D eigenvalue weighted by Crippen LogP contribution is -2.12. The predicted molar refractivity (Wildman–Crippen MR) is 92.9 cm³/mol. The minimum atomic E-state index is -0.241. The number of nitrogens with one attached hydrogen (secondary N) is 1. The number of hydrogen-bond acceptors (Lipinski definition) is 4. The van der Waals surface area contributed by atoms with Crippen molar-refractivity contribution in [1.29, 1.82) is 0 Å². The van der Waals surface area contributed by atoms with Crippen LogP contribution < -0.4 is 5.32 Å². The quantitative estimate of drug-likeness (QED) is 0.798. The molecule has 0 spiro atoms.